The molecule has 0 saturated carbocycles. The van der Waals surface area contributed by atoms with Crippen molar-refractivity contribution in [1.82, 2.24) is 14.2 Å². The van der Waals surface area contributed by atoms with Crippen LogP contribution in [-0.2, 0) is 15.6 Å². The van der Waals surface area contributed by atoms with Gasteiger partial charge in [0.05, 0.1) is 5.54 Å². The van der Waals surface area contributed by atoms with Gasteiger partial charge in [0.2, 0.25) is 10.0 Å². The summed E-state index contributed by atoms with van der Waals surface area (Å²) < 4.78 is 26.4. The highest BCUT2D eigenvalue weighted by molar-refractivity contribution is 7.89. The Morgan fingerprint density at radius 1 is 1.28 bits per heavy atom. The normalized spacial score (nSPS) is 26.3. The predicted molar refractivity (Wildman–Crippen MR) is 67.6 cm³/mol. The second-order valence-electron chi connectivity index (χ2n) is 5.18. The molecule has 0 radical (unpaired) electrons. The first kappa shape index (κ1) is 12.1. The molecule has 0 atom stereocenters. The molecule has 0 unspecified atom stereocenters. The quantitative estimate of drug-likeness (QED) is 0.692. The SMILES string of the molecule is CN1CCC2(CC1)c1ccncc1S(=O)(=O)N2C. The Bertz CT molecular complexity index is 577. The average Bonchev–Trinajstić information content (AvgIpc) is 2.54. The van der Waals surface area contributed by atoms with E-state index in [9.17, 15) is 8.42 Å². The van der Waals surface area contributed by atoms with E-state index in [-0.39, 0.29) is 5.54 Å². The maximum absolute atomic E-state index is 12.4. The van der Waals surface area contributed by atoms with Crippen molar-refractivity contribution in [3.63, 3.8) is 0 Å². The average molecular weight is 267 g/mol. The second kappa shape index (κ2) is 3.76. The van der Waals surface area contributed by atoms with Crippen LogP contribution in [0.15, 0.2) is 23.4 Å². The van der Waals surface area contributed by atoms with E-state index in [4.69, 9.17) is 0 Å². The first-order valence-electron chi connectivity index (χ1n) is 6.10. The van der Waals surface area contributed by atoms with Crippen molar-refractivity contribution >= 4 is 10.0 Å². The van der Waals surface area contributed by atoms with Gasteiger partial charge in [-0.2, -0.15) is 4.31 Å². The minimum atomic E-state index is -3.36. The lowest BCUT2D eigenvalue weighted by molar-refractivity contribution is 0.109. The van der Waals surface area contributed by atoms with Gasteiger partial charge in [0, 0.05) is 19.4 Å². The number of piperidine rings is 1. The number of nitrogens with zero attached hydrogens (tertiary/aromatic N) is 3. The van der Waals surface area contributed by atoms with Gasteiger partial charge in [-0.25, -0.2) is 8.42 Å². The molecule has 0 bridgehead atoms. The lowest BCUT2D eigenvalue weighted by atomic mass is 9.81. The molecule has 1 saturated heterocycles. The highest BCUT2D eigenvalue weighted by Gasteiger charge is 2.52. The molecular formula is C12H17N3O2S. The number of rotatable bonds is 0. The van der Waals surface area contributed by atoms with Gasteiger partial charge < -0.3 is 4.90 Å². The summed E-state index contributed by atoms with van der Waals surface area (Å²) >= 11 is 0. The number of hydrogen-bond donors (Lipinski definition) is 0. The Morgan fingerprint density at radius 2 is 1.94 bits per heavy atom. The first-order valence-corrected chi connectivity index (χ1v) is 7.54. The Kier molecular flexibility index (Phi) is 2.52. The van der Waals surface area contributed by atoms with Crippen molar-refractivity contribution in [2.45, 2.75) is 23.3 Å². The second-order valence-corrected chi connectivity index (χ2v) is 7.12. The van der Waals surface area contributed by atoms with Crippen molar-refractivity contribution in [3.05, 3.63) is 24.0 Å². The number of aromatic nitrogens is 1. The van der Waals surface area contributed by atoms with Gasteiger partial charge in [-0.3, -0.25) is 4.98 Å². The van der Waals surface area contributed by atoms with E-state index in [1.54, 1.807) is 17.5 Å². The number of fused-ring (bicyclic) bond motifs is 2. The third kappa shape index (κ3) is 1.39. The first-order chi connectivity index (χ1) is 8.48. The topological polar surface area (TPSA) is 53.5 Å². The minimum absolute atomic E-state index is 0.358. The summed E-state index contributed by atoms with van der Waals surface area (Å²) in [6, 6.07) is 1.86. The summed E-state index contributed by atoms with van der Waals surface area (Å²) in [6.07, 6.45) is 4.86. The monoisotopic (exact) mass is 267 g/mol. The van der Waals surface area contributed by atoms with Crippen molar-refractivity contribution in [2.24, 2.45) is 0 Å². The molecular weight excluding hydrogens is 250 g/mol. The van der Waals surface area contributed by atoms with E-state index in [1.165, 1.54) is 6.20 Å². The molecule has 6 heteroatoms. The lowest BCUT2D eigenvalue weighted by Crippen LogP contribution is -2.48. The standard InChI is InChI=1S/C12H17N3O2S/c1-14-7-4-12(5-8-14)10-3-6-13-9-11(10)18(16,17)15(12)2/h3,6,9H,4-5,7-8H2,1-2H3. The zero-order valence-electron chi connectivity index (χ0n) is 10.6. The van der Waals surface area contributed by atoms with Gasteiger partial charge in [0.25, 0.3) is 0 Å². The Hall–Kier alpha value is -0.980. The summed E-state index contributed by atoms with van der Waals surface area (Å²) in [5.41, 5.74) is 0.567. The summed E-state index contributed by atoms with van der Waals surface area (Å²) in [5, 5.41) is 0. The fourth-order valence-electron chi connectivity index (χ4n) is 3.09. The zero-order chi connectivity index (χ0) is 13.0. The molecule has 0 aromatic carbocycles. The molecule has 98 valence electrons. The van der Waals surface area contributed by atoms with Crippen LogP contribution in [0.2, 0.25) is 0 Å². The Labute approximate surface area is 107 Å². The van der Waals surface area contributed by atoms with E-state index in [2.05, 4.69) is 16.9 Å². The lowest BCUT2D eigenvalue weighted by Gasteiger charge is -2.41. The Balaban J connectivity index is 2.18. The highest BCUT2D eigenvalue weighted by Crippen LogP contribution is 2.48. The van der Waals surface area contributed by atoms with Crippen LogP contribution in [-0.4, -0.2) is 49.8 Å². The van der Waals surface area contributed by atoms with Crippen molar-refractivity contribution in [2.75, 3.05) is 27.2 Å². The summed E-state index contributed by atoms with van der Waals surface area (Å²) in [6.45, 7) is 1.84. The third-order valence-electron chi connectivity index (χ3n) is 4.34. The van der Waals surface area contributed by atoms with Gasteiger partial charge in [-0.05, 0) is 44.6 Å². The maximum Gasteiger partial charge on any atom is 0.245 e. The van der Waals surface area contributed by atoms with Crippen molar-refractivity contribution in [3.8, 4) is 0 Å². The minimum Gasteiger partial charge on any atom is -0.306 e. The largest absolute Gasteiger partial charge is 0.306 e. The van der Waals surface area contributed by atoms with Crippen LogP contribution in [0.3, 0.4) is 0 Å². The van der Waals surface area contributed by atoms with Crippen molar-refractivity contribution < 1.29 is 8.42 Å². The van der Waals surface area contributed by atoms with Crippen LogP contribution in [0.4, 0.5) is 0 Å². The molecule has 2 aliphatic heterocycles. The van der Waals surface area contributed by atoms with Gasteiger partial charge in [0.15, 0.2) is 0 Å². The van der Waals surface area contributed by atoms with Crippen LogP contribution in [0.1, 0.15) is 18.4 Å². The number of hydrogen-bond acceptors (Lipinski definition) is 4. The predicted octanol–water partition coefficient (Wildman–Crippen LogP) is 0.637. The molecule has 1 aromatic heterocycles. The molecule has 2 aliphatic rings. The van der Waals surface area contributed by atoms with Crippen LogP contribution in [0.25, 0.3) is 0 Å². The van der Waals surface area contributed by atoms with E-state index >= 15 is 0 Å². The smallest absolute Gasteiger partial charge is 0.245 e. The fraction of sp³-hybridized carbons (Fsp3) is 0.583. The van der Waals surface area contributed by atoms with Crippen LogP contribution >= 0.6 is 0 Å². The van der Waals surface area contributed by atoms with Crippen molar-refractivity contribution in [1.29, 1.82) is 0 Å². The van der Waals surface area contributed by atoms with E-state index in [1.807, 2.05) is 6.07 Å². The molecule has 18 heavy (non-hydrogen) atoms. The number of likely N-dealkylation sites (tertiary alicyclic amines) is 1. The van der Waals surface area contributed by atoms with E-state index < -0.39 is 10.0 Å². The molecule has 1 spiro atoms. The molecule has 5 nitrogen and oxygen atoms in total. The van der Waals surface area contributed by atoms with Gasteiger partial charge >= 0.3 is 0 Å². The summed E-state index contributed by atoms with van der Waals surface area (Å²) in [7, 11) is 0.411. The van der Waals surface area contributed by atoms with Crippen LogP contribution in [0, 0.1) is 0 Å². The molecule has 0 aliphatic carbocycles. The molecule has 3 rings (SSSR count). The number of pyridine rings is 1. The zero-order valence-corrected chi connectivity index (χ0v) is 11.4. The van der Waals surface area contributed by atoms with Gasteiger partial charge in [-0.15, -0.1) is 0 Å². The summed E-state index contributed by atoms with van der Waals surface area (Å²) in [4.78, 5) is 6.59. The van der Waals surface area contributed by atoms with E-state index in [0.29, 0.717) is 4.90 Å². The van der Waals surface area contributed by atoms with Crippen LogP contribution < -0.4 is 0 Å². The highest BCUT2D eigenvalue weighted by atomic mass is 32.2. The summed E-state index contributed by atoms with van der Waals surface area (Å²) in [5.74, 6) is 0. The number of sulfonamides is 1. The molecule has 3 heterocycles. The molecule has 1 aromatic rings. The molecule has 0 amide bonds. The van der Waals surface area contributed by atoms with Gasteiger partial charge in [0.1, 0.15) is 4.90 Å². The maximum atomic E-state index is 12.4. The van der Waals surface area contributed by atoms with Crippen LogP contribution in [0.5, 0.6) is 0 Å². The fourth-order valence-corrected chi connectivity index (χ4v) is 4.86. The molecule has 0 N–H and O–H groups in total. The van der Waals surface area contributed by atoms with E-state index in [0.717, 1.165) is 31.5 Å². The third-order valence-corrected chi connectivity index (χ3v) is 6.29. The Morgan fingerprint density at radius 3 is 2.61 bits per heavy atom. The molecule has 1 fully saturated rings. The van der Waals surface area contributed by atoms with Gasteiger partial charge in [-0.1, -0.05) is 0 Å².